The number of nitrogens with zero attached hydrogens (tertiary/aromatic N) is 1. The Morgan fingerprint density at radius 2 is 1.82 bits per heavy atom. The summed E-state index contributed by atoms with van der Waals surface area (Å²) in [6.07, 6.45) is 1.52. The van der Waals surface area contributed by atoms with E-state index in [2.05, 4.69) is 10.6 Å². The second kappa shape index (κ2) is 9.99. The normalized spacial score (nSPS) is 14.3. The Labute approximate surface area is 195 Å². The summed E-state index contributed by atoms with van der Waals surface area (Å²) in [7, 11) is 0. The molecule has 1 aliphatic rings. The fraction of sp³-hybridized carbons (Fsp3) is 0.115. The quantitative estimate of drug-likeness (QED) is 0.409. The summed E-state index contributed by atoms with van der Waals surface area (Å²) in [5, 5.41) is 5.18. The summed E-state index contributed by atoms with van der Waals surface area (Å²) in [6, 6.07) is 19.6. The maximum absolute atomic E-state index is 13.3. The molecular formula is C26H22FN3O4. The number of rotatable bonds is 7. The zero-order chi connectivity index (χ0) is 24.1. The molecular weight excluding hydrogens is 437 g/mol. The van der Waals surface area contributed by atoms with Gasteiger partial charge in [-0.3, -0.25) is 9.59 Å². The third-order valence-corrected chi connectivity index (χ3v) is 5.05. The lowest BCUT2D eigenvalue weighted by Gasteiger charge is -2.12. The number of hydrogen-bond acceptors (Lipinski definition) is 4. The van der Waals surface area contributed by atoms with E-state index in [1.54, 1.807) is 54.6 Å². The van der Waals surface area contributed by atoms with E-state index in [0.29, 0.717) is 22.6 Å². The van der Waals surface area contributed by atoms with E-state index in [9.17, 15) is 18.8 Å². The lowest BCUT2D eigenvalue weighted by molar-refractivity contribution is -0.127. The van der Waals surface area contributed by atoms with Gasteiger partial charge in [0.05, 0.1) is 0 Å². The maximum Gasteiger partial charge on any atom is 0.329 e. The van der Waals surface area contributed by atoms with Gasteiger partial charge >= 0.3 is 6.03 Å². The van der Waals surface area contributed by atoms with Crippen molar-refractivity contribution in [3.63, 3.8) is 0 Å². The molecule has 0 spiro atoms. The monoisotopic (exact) mass is 459 g/mol. The van der Waals surface area contributed by atoms with E-state index in [4.69, 9.17) is 4.74 Å². The Kier molecular flexibility index (Phi) is 6.68. The molecule has 3 aromatic rings. The van der Waals surface area contributed by atoms with Crippen molar-refractivity contribution in [2.45, 2.75) is 13.5 Å². The van der Waals surface area contributed by atoms with E-state index in [0.717, 1.165) is 10.5 Å². The average molecular weight is 459 g/mol. The molecule has 1 heterocycles. The number of benzene rings is 3. The van der Waals surface area contributed by atoms with E-state index in [1.165, 1.54) is 18.2 Å². The standard InChI is InChI=1S/C26H22FN3O4/c1-17-4-2-7-21(12-17)28-24(31)15-30-25(32)23(29-26(30)33)14-18-8-10-22(11-9-18)34-16-19-5-3-6-20(27)13-19/h2-14H,15-16H2,1H3,(H,28,31)(H,29,33)/b23-14+. The lowest BCUT2D eigenvalue weighted by atomic mass is 10.2. The summed E-state index contributed by atoms with van der Waals surface area (Å²) in [6.45, 7) is 1.71. The maximum atomic E-state index is 13.3. The molecule has 0 atom stereocenters. The number of carbonyl (C=O) groups excluding carboxylic acids is 3. The van der Waals surface area contributed by atoms with Crippen molar-refractivity contribution < 1.29 is 23.5 Å². The molecule has 0 aromatic heterocycles. The highest BCUT2D eigenvalue weighted by molar-refractivity contribution is 6.15. The van der Waals surface area contributed by atoms with Crippen molar-refractivity contribution in [3.8, 4) is 5.75 Å². The van der Waals surface area contributed by atoms with Crippen LogP contribution in [0, 0.1) is 12.7 Å². The van der Waals surface area contributed by atoms with Gasteiger partial charge in [0, 0.05) is 5.69 Å². The number of imide groups is 1. The van der Waals surface area contributed by atoms with Crippen molar-refractivity contribution in [3.05, 3.63) is 101 Å². The second-order valence-electron chi connectivity index (χ2n) is 7.78. The molecule has 0 bridgehead atoms. The van der Waals surface area contributed by atoms with Gasteiger partial charge in [-0.05, 0) is 66.1 Å². The highest BCUT2D eigenvalue weighted by Gasteiger charge is 2.34. The SMILES string of the molecule is Cc1cccc(NC(=O)CN2C(=O)N/C(=C/c3ccc(OCc4cccc(F)c4)cc3)C2=O)c1. The summed E-state index contributed by atoms with van der Waals surface area (Å²) in [5.41, 5.74) is 3.00. The lowest BCUT2D eigenvalue weighted by Crippen LogP contribution is -2.38. The highest BCUT2D eigenvalue weighted by atomic mass is 19.1. The van der Waals surface area contributed by atoms with Gasteiger partial charge in [0.1, 0.15) is 30.4 Å². The van der Waals surface area contributed by atoms with Gasteiger partial charge in [-0.25, -0.2) is 14.1 Å². The largest absolute Gasteiger partial charge is 0.489 e. The van der Waals surface area contributed by atoms with Gasteiger partial charge in [-0.15, -0.1) is 0 Å². The van der Waals surface area contributed by atoms with Gasteiger partial charge in [0.2, 0.25) is 5.91 Å². The first-order valence-corrected chi connectivity index (χ1v) is 10.6. The first-order valence-electron chi connectivity index (χ1n) is 10.6. The number of hydrogen-bond donors (Lipinski definition) is 2. The summed E-state index contributed by atoms with van der Waals surface area (Å²) >= 11 is 0. The molecule has 1 saturated heterocycles. The number of carbonyl (C=O) groups is 3. The highest BCUT2D eigenvalue weighted by Crippen LogP contribution is 2.19. The summed E-state index contributed by atoms with van der Waals surface area (Å²) in [4.78, 5) is 38.1. The molecule has 0 saturated carbocycles. The van der Waals surface area contributed by atoms with Crippen LogP contribution in [0.5, 0.6) is 5.75 Å². The van der Waals surface area contributed by atoms with E-state index < -0.39 is 24.4 Å². The van der Waals surface area contributed by atoms with Gasteiger partial charge in [0.15, 0.2) is 0 Å². The molecule has 34 heavy (non-hydrogen) atoms. The Hall–Kier alpha value is -4.46. The molecule has 4 rings (SSSR count). The molecule has 0 unspecified atom stereocenters. The predicted molar refractivity (Wildman–Crippen MR) is 125 cm³/mol. The predicted octanol–water partition coefficient (Wildman–Crippen LogP) is 4.24. The van der Waals surface area contributed by atoms with E-state index in [-0.39, 0.29) is 18.1 Å². The number of amides is 4. The number of aryl methyl sites for hydroxylation is 1. The molecule has 1 aliphatic heterocycles. The van der Waals surface area contributed by atoms with Crippen molar-refractivity contribution in [2.24, 2.45) is 0 Å². The molecule has 0 aliphatic carbocycles. The molecule has 7 nitrogen and oxygen atoms in total. The molecule has 8 heteroatoms. The Morgan fingerprint density at radius 1 is 1.06 bits per heavy atom. The van der Waals surface area contributed by atoms with Crippen LogP contribution in [-0.2, 0) is 16.2 Å². The number of anilines is 1. The zero-order valence-corrected chi connectivity index (χ0v) is 18.4. The minimum Gasteiger partial charge on any atom is -0.489 e. The van der Waals surface area contributed by atoms with Crippen LogP contribution in [0.15, 0.2) is 78.5 Å². The third-order valence-electron chi connectivity index (χ3n) is 5.05. The van der Waals surface area contributed by atoms with Crippen molar-refractivity contribution in [1.29, 1.82) is 0 Å². The molecule has 0 radical (unpaired) electrons. The Morgan fingerprint density at radius 3 is 2.56 bits per heavy atom. The van der Waals surface area contributed by atoms with Crippen LogP contribution in [0.2, 0.25) is 0 Å². The van der Waals surface area contributed by atoms with Crippen molar-refractivity contribution in [1.82, 2.24) is 10.2 Å². The minimum atomic E-state index is -0.661. The van der Waals surface area contributed by atoms with Crippen molar-refractivity contribution >= 4 is 29.6 Å². The van der Waals surface area contributed by atoms with Crippen LogP contribution < -0.4 is 15.4 Å². The van der Waals surface area contributed by atoms with Gasteiger partial charge in [0.25, 0.3) is 5.91 Å². The molecule has 2 N–H and O–H groups in total. The molecule has 4 amide bonds. The smallest absolute Gasteiger partial charge is 0.329 e. The van der Waals surface area contributed by atoms with Gasteiger partial charge in [-0.2, -0.15) is 0 Å². The topological polar surface area (TPSA) is 87.7 Å². The number of halogens is 1. The van der Waals surface area contributed by atoms with Crippen LogP contribution in [0.4, 0.5) is 14.9 Å². The average Bonchev–Trinajstić information content (AvgIpc) is 3.06. The first-order chi connectivity index (χ1) is 16.4. The van der Waals surface area contributed by atoms with Gasteiger partial charge < -0.3 is 15.4 Å². The van der Waals surface area contributed by atoms with Crippen LogP contribution in [0.1, 0.15) is 16.7 Å². The van der Waals surface area contributed by atoms with Crippen LogP contribution in [0.3, 0.4) is 0 Å². The Bertz CT molecular complexity index is 1270. The van der Waals surface area contributed by atoms with Crippen molar-refractivity contribution in [2.75, 3.05) is 11.9 Å². The van der Waals surface area contributed by atoms with E-state index >= 15 is 0 Å². The minimum absolute atomic E-state index is 0.0711. The second-order valence-corrected chi connectivity index (χ2v) is 7.78. The molecule has 172 valence electrons. The number of nitrogens with one attached hydrogen (secondary N) is 2. The van der Waals surface area contributed by atoms with Crippen LogP contribution in [-0.4, -0.2) is 29.3 Å². The fourth-order valence-corrected chi connectivity index (χ4v) is 3.40. The van der Waals surface area contributed by atoms with Gasteiger partial charge in [-0.1, -0.05) is 36.4 Å². The third kappa shape index (κ3) is 5.66. The Balaban J connectivity index is 1.36. The number of ether oxygens (including phenoxy) is 1. The first kappa shape index (κ1) is 22.7. The van der Waals surface area contributed by atoms with Crippen LogP contribution >= 0.6 is 0 Å². The molecule has 3 aromatic carbocycles. The molecule has 1 fully saturated rings. The summed E-state index contributed by atoms with van der Waals surface area (Å²) < 4.78 is 18.9. The fourth-order valence-electron chi connectivity index (χ4n) is 3.40. The number of urea groups is 1. The zero-order valence-electron chi connectivity index (χ0n) is 18.4. The van der Waals surface area contributed by atoms with Crippen LogP contribution in [0.25, 0.3) is 6.08 Å². The summed E-state index contributed by atoms with van der Waals surface area (Å²) in [5.74, 6) is -0.818. The van der Waals surface area contributed by atoms with E-state index in [1.807, 2.05) is 13.0 Å².